The zero-order valence-corrected chi connectivity index (χ0v) is 9.41. The fourth-order valence-corrected chi connectivity index (χ4v) is 0.534. The Labute approximate surface area is 82.4 Å². The van der Waals surface area contributed by atoms with Crippen LogP contribution in [-0.4, -0.2) is 19.3 Å². The van der Waals surface area contributed by atoms with Gasteiger partial charge in [-0.25, -0.2) is 0 Å². The van der Waals surface area contributed by atoms with Gasteiger partial charge >= 0.3 is 0 Å². The van der Waals surface area contributed by atoms with Crippen molar-refractivity contribution in [2.75, 3.05) is 14.2 Å². The Morgan fingerprint density at radius 1 is 0.923 bits per heavy atom. The lowest BCUT2D eigenvalue weighted by molar-refractivity contribution is 0.399. The topological polar surface area (TPSA) is 46.2 Å². The van der Waals surface area contributed by atoms with Crippen LogP contribution in [0.2, 0.25) is 0 Å². The number of hydrogen-bond donors (Lipinski definition) is 2. The molecule has 0 fully saturated rings. The molecule has 3 N–H and O–H groups in total. The number of hydrogen-bond acceptors (Lipinski definition) is 2. The van der Waals surface area contributed by atoms with Crippen LogP contribution in [0.3, 0.4) is 0 Å². The fraction of sp³-hybridized carbons (Fsp3) is 0.455. The Hall–Kier alpha value is -0.860. The van der Waals surface area contributed by atoms with Crippen LogP contribution in [0.15, 0.2) is 30.3 Å². The molecule has 2 heteroatoms. The van der Waals surface area contributed by atoms with E-state index in [1.54, 1.807) is 0 Å². The molecule has 1 rings (SSSR count). The maximum atomic E-state index is 7.00. The van der Waals surface area contributed by atoms with Gasteiger partial charge in [0.05, 0.1) is 0 Å². The number of aryl methyl sites for hydroxylation is 1. The second-order valence-electron chi connectivity index (χ2n) is 1.65. The molecule has 0 saturated heterocycles. The van der Waals surface area contributed by atoms with Gasteiger partial charge in [0.25, 0.3) is 0 Å². The molecule has 0 spiro atoms. The first kappa shape index (κ1) is 18.0. The minimum absolute atomic E-state index is 1.00. The third kappa shape index (κ3) is 18.3. The van der Waals surface area contributed by atoms with Crippen molar-refractivity contribution in [1.82, 2.24) is 0 Å². The summed E-state index contributed by atoms with van der Waals surface area (Å²) in [6, 6.07) is 10.3. The van der Waals surface area contributed by atoms with Gasteiger partial charge in [-0.2, -0.15) is 0 Å². The van der Waals surface area contributed by atoms with Crippen LogP contribution in [0.4, 0.5) is 0 Å². The molecule has 0 aliphatic carbocycles. The van der Waals surface area contributed by atoms with Gasteiger partial charge in [-0.1, -0.05) is 49.7 Å². The monoisotopic (exact) mass is 185 g/mol. The summed E-state index contributed by atoms with van der Waals surface area (Å²) in [6.07, 6.45) is 0. The zero-order valence-electron chi connectivity index (χ0n) is 9.41. The summed E-state index contributed by atoms with van der Waals surface area (Å²) in [5, 5.41) is 7.00. The predicted molar refractivity (Wildman–Crippen MR) is 60.8 cm³/mol. The fourth-order valence-electron chi connectivity index (χ4n) is 0.534. The zero-order chi connectivity index (χ0) is 11.1. The Bertz CT molecular complexity index is 140. The number of aliphatic hydroxyl groups is 1. The van der Waals surface area contributed by atoms with Gasteiger partial charge in [0.15, 0.2) is 0 Å². The molecule has 1 aromatic carbocycles. The highest BCUT2D eigenvalue weighted by Crippen LogP contribution is 1.92. The van der Waals surface area contributed by atoms with Crippen molar-refractivity contribution in [2.24, 2.45) is 5.73 Å². The summed E-state index contributed by atoms with van der Waals surface area (Å²) in [5.41, 5.74) is 5.82. The van der Waals surface area contributed by atoms with E-state index in [-0.39, 0.29) is 0 Å². The van der Waals surface area contributed by atoms with Gasteiger partial charge in [0.2, 0.25) is 0 Å². The van der Waals surface area contributed by atoms with Gasteiger partial charge in [-0.3, -0.25) is 0 Å². The third-order valence-electron chi connectivity index (χ3n) is 0.940. The molecule has 0 unspecified atom stereocenters. The molecule has 0 atom stereocenters. The molecular weight excluding hydrogens is 162 g/mol. The lowest BCUT2D eigenvalue weighted by Crippen LogP contribution is -1.69. The molecule has 13 heavy (non-hydrogen) atoms. The first-order valence-electron chi connectivity index (χ1n) is 4.44. The average Bonchev–Trinajstić information content (AvgIpc) is 2.28. The maximum absolute atomic E-state index is 7.00. The summed E-state index contributed by atoms with van der Waals surface area (Å²) in [7, 11) is 2.50. The average molecular weight is 185 g/mol. The number of benzene rings is 1. The second-order valence-corrected chi connectivity index (χ2v) is 1.65. The van der Waals surface area contributed by atoms with Crippen molar-refractivity contribution in [3.8, 4) is 0 Å². The van der Waals surface area contributed by atoms with E-state index in [2.05, 4.69) is 24.8 Å². The normalized spacial score (nSPS) is 6.08. The molecule has 2 nitrogen and oxygen atoms in total. The van der Waals surface area contributed by atoms with Crippen LogP contribution in [0, 0.1) is 6.92 Å². The number of nitrogens with two attached hydrogens (primary N) is 1. The molecule has 0 aromatic heterocycles. The van der Waals surface area contributed by atoms with E-state index in [1.165, 1.54) is 12.6 Å². The minimum atomic E-state index is 1.00. The molecule has 78 valence electrons. The van der Waals surface area contributed by atoms with Crippen LogP contribution in [0.25, 0.3) is 0 Å². The van der Waals surface area contributed by atoms with E-state index < -0.39 is 0 Å². The highest BCUT2D eigenvalue weighted by Gasteiger charge is 1.72. The Morgan fingerprint density at radius 2 is 1.23 bits per heavy atom. The summed E-state index contributed by atoms with van der Waals surface area (Å²) in [4.78, 5) is 0. The van der Waals surface area contributed by atoms with Crippen molar-refractivity contribution in [2.45, 2.75) is 20.8 Å². The molecular formula is C11H23NO. The molecule has 0 saturated carbocycles. The van der Waals surface area contributed by atoms with Crippen molar-refractivity contribution in [1.29, 1.82) is 0 Å². The van der Waals surface area contributed by atoms with E-state index in [0.29, 0.717) is 0 Å². The van der Waals surface area contributed by atoms with Gasteiger partial charge in [-0.15, -0.1) is 0 Å². The molecule has 0 amide bonds. The van der Waals surface area contributed by atoms with Crippen LogP contribution >= 0.6 is 0 Å². The maximum Gasteiger partial charge on any atom is 0.0319 e. The highest BCUT2D eigenvalue weighted by atomic mass is 16.2. The van der Waals surface area contributed by atoms with E-state index in [0.717, 1.165) is 7.11 Å². The lowest BCUT2D eigenvalue weighted by atomic mass is 10.2. The molecule has 0 aliphatic rings. The summed E-state index contributed by atoms with van der Waals surface area (Å²) in [6.45, 7) is 6.08. The van der Waals surface area contributed by atoms with Crippen molar-refractivity contribution >= 4 is 0 Å². The van der Waals surface area contributed by atoms with Crippen molar-refractivity contribution < 1.29 is 5.11 Å². The SMILES string of the molecule is CC.CN.CO.Cc1ccccc1. The Balaban J connectivity index is -0.000000144. The lowest BCUT2D eigenvalue weighted by Gasteiger charge is -1.82. The van der Waals surface area contributed by atoms with Crippen molar-refractivity contribution in [3.63, 3.8) is 0 Å². The molecule has 0 bridgehead atoms. The first-order chi connectivity index (χ1) is 6.39. The number of rotatable bonds is 0. The smallest absolute Gasteiger partial charge is 0.0319 e. The van der Waals surface area contributed by atoms with Gasteiger partial charge in [-0.05, 0) is 14.0 Å². The van der Waals surface area contributed by atoms with Gasteiger partial charge in [0, 0.05) is 7.11 Å². The third-order valence-corrected chi connectivity index (χ3v) is 0.940. The molecule has 0 radical (unpaired) electrons. The van der Waals surface area contributed by atoms with Gasteiger partial charge in [0.1, 0.15) is 0 Å². The Morgan fingerprint density at radius 3 is 1.38 bits per heavy atom. The summed E-state index contributed by atoms with van der Waals surface area (Å²) >= 11 is 0. The van der Waals surface area contributed by atoms with E-state index >= 15 is 0 Å². The van der Waals surface area contributed by atoms with Crippen molar-refractivity contribution in [3.05, 3.63) is 35.9 Å². The quantitative estimate of drug-likeness (QED) is 0.651. The van der Waals surface area contributed by atoms with Crippen LogP contribution in [0.1, 0.15) is 19.4 Å². The summed E-state index contributed by atoms with van der Waals surface area (Å²) < 4.78 is 0. The highest BCUT2D eigenvalue weighted by molar-refractivity contribution is 5.11. The van der Waals surface area contributed by atoms with Crippen LogP contribution in [-0.2, 0) is 0 Å². The standard InChI is InChI=1S/C7H8.C2H6.CH5N.CH4O/c1-7-5-3-2-4-6-7;3*1-2/h2-6H,1H3;1-2H3;2H2,1H3;2H,1H3. The van der Waals surface area contributed by atoms with Crippen LogP contribution in [0.5, 0.6) is 0 Å². The predicted octanol–water partition coefficient (Wildman–Crippen LogP) is 2.20. The van der Waals surface area contributed by atoms with Gasteiger partial charge < -0.3 is 10.8 Å². The van der Waals surface area contributed by atoms with E-state index in [9.17, 15) is 0 Å². The minimum Gasteiger partial charge on any atom is -0.400 e. The molecule has 0 heterocycles. The first-order valence-corrected chi connectivity index (χ1v) is 4.44. The Kier molecular flexibility index (Phi) is 31.2. The van der Waals surface area contributed by atoms with Crippen LogP contribution < -0.4 is 5.73 Å². The second kappa shape index (κ2) is 22.5. The largest absolute Gasteiger partial charge is 0.400 e. The summed E-state index contributed by atoms with van der Waals surface area (Å²) in [5.74, 6) is 0. The van der Waals surface area contributed by atoms with E-state index in [4.69, 9.17) is 5.11 Å². The number of aliphatic hydroxyl groups excluding tert-OH is 1. The molecule has 0 aliphatic heterocycles. The van der Waals surface area contributed by atoms with E-state index in [1.807, 2.05) is 32.0 Å². The molecule has 1 aromatic rings.